The number of piperidine rings is 1. The molecular weight excluding hydrogens is 252 g/mol. The average Bonchev–Trinajstić information content (AvgIpc) is 2.95. The molecule has 1 unspecified atom stereocenters. The van der Waals surface area contributed by atoms with Crippen LogP contribution in [-0.2, 0) is 6.42 Å². The first kappa shape index (κ1) is 13.2. The molecule has 3 rings (SSSR count). The molecular formula is C15H20N4O. The van der Waals surface area contributed by atoms with Crippen LogP contribution in [0.2, 0.25) is 0 Å². The highest BCUT2D eigenvalue weighted by molar-refractivity contribution is 5.57. The molecule has 20 heavy (non-hydrogen) atoms. The quantitative estimate of drug-likeness (QED) is 0.926. The maximum atomic E-state index is 5.35. The Hall–Kier alpha value is -1.75. The van der Waals surface area contributed by atoms with Gasteiger partial charge in [-0.2, -0.15) is 4.98 Å². The molecule has 0 aliphatic carbocycles. The SMILES string of the molecule is Cc1ccncc1-c1noc(CCC2CCCCN2)n1. The standard InChI is InChI=1S/C15H20N4O/c1-11-7-9-16-10-13(11)15-18-14(20-19-15)6-5-12-4-2-3-8-17-12/h7,9-10,12,17H,2-6,8H2,1H3. The van der Waals surface area contributed by atoms with Gasteiger partial charge in [0.1, 0.15) is 0 Å². The second-order valence-corrected chi connectivity index (χ2v) is 5.39. The molecule has 5 heteroatoms. The molecule has 3 heterocycles. The smallest absolute Gasteiger partial charge is 0.227 e. The lowest BCUT2D eigenvalue weighted by Gasteiger charge is -2.22. The lowest BCUT2D eigenvalue weighted by molar-refractivity contribution is 0.342. The van der Waals surface area contributed by atoms with E-state index in [1.54, 1.807) is 12.4 Å². The number of rotatable bonds is 4. The van der Waals surface area contributed by atoms with Gasteiger partial charge in [-0.15, -0.1) is 0 Å². The van der Waals surface area contributed by atoms with Crippen LogP contribution in [0, 0.1) is 6.92 Å². The summed E-state index contributed by atoms with van der Waals surface area (Å²) in [6.45, 7) is 3.16. The van der Waals surface area contributed by atoms with Crippen molar-refractivity contribution in [2.45, 2.75) is 45.1 Å². The summed E-state index contributed by atoms with van der Waals surface area (Å²) in [6.07, 6.45) is 9.32. The predicted molar refractivity (Wildman–Crippen MR) is 76.2 cm³/mol. The molecule has 0 radical (unpaired) electrons. The van der Waals surface area contributed by atoms with Crippen LogP contribution < -0.4 is 5.32 Å². The van der Waals surface area contributed by atoms with E-state index in [9.17, 15) is 0 Å². The van der Waals surface area contributed by atoms with Crippen LogP contribution in [0.4, 0.5) is 0 Å². The Morgan fingerprint density at radius 2 is 2.35 bits per heavy atom. The molecule has 1 atom stereocenters. The number of nitrogens with zero attached hydrogens (tertiary/aromatic N) is 3. The molecule has 1 fully saturated rings. The lowest BCUT2D eigenvalue weighted by atomic mass is 10.0. The first-order valence-electron chi connectivity index (χ1n) is 7.30. The van der Waals surface area contributed by atoms with Gasteiger partial charge in [0, 0.05) is 30.4 Å². The Kier molecular flexibility index (Phi) is 4.06. The molecule has 2 aromatic rings. The molecule has 0 spiro atoms. The topological polar surface area (TPSA) is 63.8 Å². The Bertz CT molecular complexity index is 561. The highest BCUT2D eigenvalue weighted by Gasteiger charge is 2.15. The lowest BCUT2D eigenvalue weighted by Crippen LogP contribution is -2.34. The molecule has 5 nitrogen and oxygen atoms in total. The Balaban J connectivity index is 1.63. The van der Waals surface area contributed by atoms with Crippen molar-refractivity contribution in [2.75, 3.05) is 6.54 Å². The number of hydrogen-bond acceptors (Lipinski definition) is 5. The monoisotopic (exact) mass is 272 g/mol. The van der Waals surface area contributed by atoms with E-state index in [2.05, 4.69) is 20.4 Å². The summed E-state index contributed by atoms with van der Waals surface area (Å²) in [5, 5.41) is 7.60. The van der Waals surface area contributed by atoms with Gasteiger partial charge in [0.05, 0.1) is 0 Å². The molecule has 1 aliphatic heterocycles. The minimum absolute atomic E-state index is 0.597. The zero-order valence-electron chi connectivity index (χ0n) is 11.8. The molecule has 0 aromatic carbocycles. The van der Waals surface area contributed by atoms with E-state index >= 15 is 0 Å². The molecule has 0 bridgehead atoms. The highest BCUT2D eigenvalue weighted by Crippen LogP contribution is 2.19. The summed E-state index contributed by atoms with van der Waals surface area (Å²) < 4.78 is 5.35. The van der Waals surface area contributed by atoms with Crippen LogP contribution in [0.25, 0.3) is 11.4 Å². The highest BCUT2D eigenvalue weighted by atomic mass is 16.5. The van der Waals surface area contributed by atoms with Crippen molar-refractivity contribution in [1.29, 1.82) is 0 Å². The van der Waals surface area contributed by atoms with E-state index in [1.807, 2.05) is 13.0 Å². The number of nitrogens with one attached hydrogen (secondary N) is 1. The third kappa shape index (κ3) is 3.04. The van der Waals surface area contributed by atoms with E-state index < -0.39 is 0 Å². The fourth-order valence-corrected chi connectivity index (χ4v) is 2.63. The molecule has 2 aromatic heterocycles. The van der Waals surface area contributed by atoms with Gasteiger partial charge in [-0.3, -0.25) is 4.98 Å². The van der Waals surface area contributed by atoms with Crippen molar-refractivity contribution < 1.29 is 4.52 Å². The first-order valence-corrected chi connectivity index (χ1v) is 7.30. The summed E-state index contributed by atoms with van der Waals surface area (Å²) in [6, 6.07) is 2.55. The molecule has 0 amide bonds. The second kappa shape index (κ2) is 6.13. The van der Waals surface area contributed by atoms with Gasteiger partial charge in [0.2, 0.25) is 11.7 Å². The van der Waals surface area contributed by atoms with Crippen LogP contribution in [0.1, 0.15) is 37.1 Å². The van der Waals surface area contributed by atoms with Crippen LogP contribution >= 0.6 is 0 Å². The summed E-state index contributed by atoms with van der Waals surface area (Å²) in [4.78, 5) is 8.60. The van der Waals surface area contributed by atoms with E-state index in [1.165, 1.54) is 19.3 Å². The zero-order chi connectivity index (χ0) is 13.8. The summed E-state index contributed by atoms with van der Waals surface area (Å²) in [5.41, 5.74) is 2.06. The number of hydrogen-bond donors (Lipinski definition) is 1. The normalized spacial score (nSPS) is 19.1. The van der Waals surface area contributed by atoms with Gasteiger partial charge in [-0.05, 0) is 44.4 Å². The maximum Gasteiger partial charge on any atom is 0.227 e. The van der Waals surface area contributed by atoms with Crippen LogP contribution in [0.5, 0.6) is 0 Å². The van der Waals surface area contributed by atoms with Crippen LogP contribution in [-0.4, -0.2) is 27.7 Å². The predicted octanol–water partition coefficient (Wildman–Crippen LogP) is 2.51. The summed E-state index contributed by atoms with van der Waals surface area (Å²) >= 11 is 0. The van der Waals surface area contributed by atoms with Crippen molar-refractivity contribution >= 4 is 0 Å². The van der Waals surface area contributed by atoms with Gasteiger partial charge in [0.15, 0.2) is 0 Å². The van der Waals surface area contributed by atoms with Gasteiger partial charge in [0.25, 0.3) is 0 Å². The number of aryl methyl sites for hydroxylation is 2. The van der Waals surface area contributed by atoms with E-state index in [0.29, 0.717) is 11.9 Å². The Labute approximate surface area is 118 Å². The van der Waals surface area contributed by atoms with E-state index in [-0.39, 0.29) is 0 Å². The minimum atomic E-state index is 0.597. The zero-order valence-corrected chi connectivity index (χ0v) is 11.8. The van der Waals surface area contributed by atoms with Gasteiger partial charge in [-0.1, -0.05) is 11.6 Å². The van der Waals surface area contributed by atoms with Gasteiger partial charge in [-0.25, -0.2) is 0 Å². The minimum Gasteiger partial charge on any atom is -0.339 e. The summed E-state index contributed by atoms with van der Waals surface area (Å²) in [5.74, 6) is 1.36. The van der Waals surface area contributed by atoms with Crippen molar-refractivity contribution in [2.24, 2.45) is 0 Å². The molecule has 1 aliphatic rings. The fraction of sp³-hybridized carbons (Fsp3) is 0.533. The molecule has 1 saturated heterocycles. The molecule has 0 saturated carbocycles. The second-order valence-electron chi connectivity index (χ2n) is 5.39. The van der Waals surface area contributed by atoms with Crippen molar-refractivity contribution in [3.63, 3.8) is 0 Å². The molecule has 106 valence electrons. The number of pyridine rings is 1. The fourth-order valence-electron chi connectivity index (χ4n) is 2.63. The first-order chi connectivity index (χ1) is 9.83. The third-order valence-corrected chi connectivity index (χ3v) is 3.87. The Morgan fingerprint density at radius 1 is 1.40 bits per heavy atom. The molecule has 1 N–H and O–H groups in total. The number of aromatic nitrogens is 3. The van der Waals surface area contributed by atoms with Gasteiger partial charge < -0.3 is 9.84 Å². The van der Waals surface area contributed by atoms with E-state index in [4.69, 9.17) is 4.52 Å². The van der Waals surface area contributed by atoms with Crippen molar-refractivity contribution in [1.82, 2.24) is 20.4 Å². The van der Waals surface area contributed by atoms with Gasteiger partial charge >= 0.3 is 0 Å². The van der Waals surface area contributed by atoms with Crippen molar-refractivity contribution in [3.8, 4) is 11.4 Å². The average molecular weight is 272 g/mol. The largest absolute Gasteiger partial charge is 0.339 e. The van der Waals surface area contributed by atoms with E-state index in [0.717, 1.165) is 36.4 Å². The van der Waals surface area contributed by atoms with Crippen LogP contribution in [0.3, 0.4) is 0 Å². The van der Waals surface area contributed by atoms with Crippen LogP contribution in [0.15, 0.2) is 23.0 Å². The maximum absolute atomic E-state index is 5.35. The summed E-state index contributed by atoms with van der Waals surface area (Å²) in [7, 11) is 0. The Morgan fingerprint density at radius 3 is 3.15 bits per heavy atom. The van der Waals surface area contributed by atoms with Crippen molar-refractivity contribution in [3.05, 3.63) is 29.9 Å². The third-order valence-electron chi connectivity index (χ3n) is 3.87.